The summed E-state index contributed by atoms with van der Waals surface area (Å²) in [4.78, 5) is 10.8. The first-order valence-corrected chi connectivity index (χ1v) is 20.0. The second-order valence-electron chi connectivity index (χ2n) is 15.3. The van der Waals surface area contributed by atoms with E-state index in [1.807, 2.05) is 18.2 Å². The van der Waals surface area contributed by atoms with Crippen molar-refractivity contribution in [3.63, 3.8) is 0 Å². The van der Waals surface area contributed by atoms with Crippen LogP contribution in [0, 0.1) is 0 Å². The van der Waals surface area contributed by atoms with Gasteiger partial charge in [0.15, 0.2) is 0 Å². The minimum atomic E-state index is 0.615. The normalized spacial score (nSPS) is 12.1. The summed E-state index contributed by atoms with van der Waals surface area (Å²) in [7, 11) is 0. The first kappa shape index (κ1) is 32.1. The molecule has 0 amide bonds. The van der Waals surface area contributed by atoms with Gasteiger partial charge in [0.2, 0.25) is 5.95 Å². The van der Waals surface area contributed by atoms with Crippen LogP contribution >= 0.6 is 0 Å². The van der Waals surface area contributed by atoms with Crippen molar-refractivity contribution in [3.05, 3.63) is 194 Å². The van der Waals surface area contributed by atoms with Gasteiger partial charge in [0.05, 0.1) is 33.3 Å². The van der Waals surface area contributed by atoms with Crippen LogP contribution in [-0.4, -0.2) is 19.1 Å². The van der Waals surface area contributed by atoms with Gasteiger partial charge in [0.1, 0.15) is 11.2 Å². The van der Waals surface area contributed by atoms with Crippen molar-refractivity contribution < 1.29 is 4.42 Å². The Morgan fingerprint density at radius 1 is 0.373 bits per heavy atom. The van der Waals surface area contributed by atoms with Crippen LogP contribution in [0.1, 0.15) is 0 Å². The summed E-state index contributed by atoms with van der Waals surface area (Å²) in [6.07, 6.45) is 0. The van der Waals surface area contributed by atoms with Gasteiger partial charge in [-0.1, -0.05) is 140 Å². The number of aromatic nitrogens is 4. The molecule has 0 radical (unpaired) electrons. The average molecular weight is 753 g/mol. The molecule has 0 fully saturated rings. The molecular weight excluding hydrogens is 721 g/mol. The van der Waals surface area contributed by atoms with Gasteiger partial charge in [-0.2, -0.15) is 0 Å². The minimum absolute atomic E-state index is 0.615. The number of benzene rings is 9. The van der Waals surface area contributed by atoms with Crippen LogP contribution in [0.3, 0.4) is 0 Å². The minimum Gasteiger partial charge on any atom is -0.455 e. The predicted molar refractivity (Wildman–Crippen MR) is 244 cm³/mol. The second-order valence-corrected chi connectivity index (χ2v) is 15.3. The molecule has 0 bridgehead atoms. The smallest absolute Gasteiger partial charge is 0.235 e. The second kappa shape index (κ2) is 12.2. The van der Waals surface area contributed by atoms with Gasteiger partial charge in [-0.05, 0) is 71.1 Å². The first-order chi connectivity index (χ1) is 29.3. The predicted octanol–water partition coefficient (Wildman–Crippen LogP) is 14.2. The van der Waals surface area contributed by atoms with Crippen LogP contribution in [0.2, 0.25) is 0 Å². The molecule has 13 rings (SSSR count). The van der Waals surface area contributed by atoms with E-state index in [9.17, 15) is 0 Å². The van der Waals surface area contributed by atoms with Crippen LogP contribution in [0.15, 0.2) is 199 Å². The molecule has 0 spiro atoms. The zero-order valence-electron chi connectivity index (χ0n) is 31.7. The first-order valence-electron chi connectivity index (χ1n) is 20.0. The molecule has 0 aliphatic rings. The molecule has 0 saturated heterocycles. The van der Waals surface area contributed by atoms with Crippen LogP contribution in [-0.2, 0) is 0 Å². The highest BCUT2D eigenvalue weighted by Crippen LogP contribution is 2.44. The number of hydrogen-bond donors (Lipinski definition) is 0. The fraction of sp³-hybridized carbons (Fsp3) is 0. The third-order valence-electron chi connectivity index (χ3n) is 12.1. The monoisotopic (exact) mass is 752 g/mol. The highest BCUT2D eigenvalue weighted by molar-refractivity contribution is 6.22. The Morgan fingerprint density at radius 2 is 1.00 bits per heavy atom. The Morgan fingerprint density at radius 3 is 1.83 bits per heavy atom. The van der Waals surface area contributed by atoms with Crippen molar-refractivity contribution in [2.45, 2.75) is 0 Å². The molecule has 0 aliphatic carbocycles. The van der Waals surface area contributed by atoms with E-state index in [2.05, 4.69) is 185 Å². The molecule has 13 aromatic rings. The standard InChI is InChI=1S/C54H32N4O/c1-2-15-34(16-3-1)57-47-26-11-7-18-36(47)38-30-29-33(31-49(38)57)44-32-45-37-19-8-12-27-48(37)58(52(45)40-21-5-4-17-35(40)44)54-55-46-25-10-6-22-42(46)51(56-54)43-24-14-23-41-39-20-9-13-28-50(39)59-53(41)43/h1-32H. The zero-order valence-corrected chi connectivity index (χ0v) is 31.7. The lowest BCUT2D eigenvalue weighted by Gasteiger charge is -2.14. The van der Waals surface area contributed by atoms with Crippen molar-refractivity contribution in [3.8, 4) is 34.0 Å². The fourth-order valence-electron chi connectivity index (χ4n) is 9.57. The van der Waals surface area contributed by atoms with Crippen molar-refractivity contribution in [2.75, 3.05) is 0 Å². The van der Waals surface area contributed by atoms with Gasteiger partial charge < -0.3 is 8.98 Å². The van der Waals surface area contributed by atoms with Crippen LogP contribution in [0.4, 0.5) is 0 Å². The summed E-state index contributed by atoms with van der Waals surface area (Å²) < 4.78 is 11.2. The van der Waals surface area contributed by atoms with E-state index in [-0.39, 0.29) is 0 Å². The molecule has 274 valence electrons. The van der Waals surface area contributed by atoms with Gasteiger partial charge in [0.25, 0.3) is 0 Å². The number of hydrogen-bond acceptors (Lipinski definition) is 3. The van der Waals surface area contributed by atoms with Gasteiger partial charge in [0, 0.05) is 54.3 Å². The summed E-state index contributed by atoms with van der Waals surface area (Å²) in [5.41, 5.74) is 12.3. The lowest BCUT2D eigenvalue weighted by Crippen LogP contribution is -2.04. The number of furan rings is 1. The summed E-state index contributed by atoms with van der Waals surface area (Å²) in [5, 5.41) is 10.2. The van der Waals surface area contributed by atoms with Gasteiger partial charge in [-0.3, -0.25) is 4.57 Å². The van der Waals surface area contributed by atoms with Gasteiger partial charge in [-0.15, -0.1) is 0 Å². The molecular formula is C54H32N4O. The third kappa shape index (κ3) is 4.61. The summed E-state index contributed by atoms with van der Waals surface area (Å²) in [6, 6.07) is 69.0. The Labute approximate surface area is 337 Å². The molecule has 0 aliphatic heterocycles. The zero-order chi connectivity index (χ0) is 38.6. The lowest BCUT2D eigenvalue weighted by atomic mass is 9.94. The average Bonchev–Trinajstić information content (AvgIpc) is 3.96. The highest BCUT2D eigenvalue weighted by Gasteiger charge is 2.23. The molecule has 0 atom stereocenters. The van der Waals surface area contributed by atoms with Crippen molar-refractivity contribution in [1.29, 1.82) is 0 Å². The Bertz CT molecular complexity index is 3850. The summed E-state index contributed by atoms with van der Waals surface area (Å²) >= 11 is 0. The van der Waals surface area contributed by atoms with E-state index in [4.69, 9.17) is 14.4 Å². The van der Waals surface area contributed by atoms with Crippen LogP contribution in [0.5, 0.6) is 0 Å². The molecule has 4 aromatic heterocycles. The topological polar surface area (TPSA) is 48.8 Å². The van der Waals surface area contributed by atoms with E-state index in [0.29, 0.717) is 5.95 Å². The molecule has 59 heavy (non-hydrogen) atoms. The van der Waals surface area contributed by atoms with E-state index >= 15 is 0 Å². The van der Waals surface area contributed by atoms with Crippen LogP contribution in [0.25, 0.3) is 121 Å². The lowest BCUT2D eigenvalue weighted by molar-refractivity contribution is 0.670. The fourth-order valence-corrected chi connectivity index (χ4v) is 9.57. The van der Waals surface area contributed by atoms with Crippen molar-refractivity contribution in [2.24, 2.45) is 0 Å². The number of para-hydroxylation sites is 6. The highest BCUT2D eigenvalue weighted by atomic mass is 16.3. The third-order valence-corrected chi connectivity index (χ3v) is 12.1. The van der Waals surface area contributed by atoms with E-state index in [1.54, 1.807) is 0 Å². The Balaban J connectivity index is 1.10. The number of nitrogens with zero attached hydrogens (tertiary/aromatic N) is 4. The maximum Gasteiger partial charge on any atom is 0.235 e. The van der Waals surface area contributed by atoms with Gasteiger partial charge >= 0.3 is 0 Å². The quantitative estimate of drug-likeness (QED) is 0.180. The molecule has 5 heteroatoms. The summed E-state index contributed by atoms with van der Waals surface area (Å²) in [5.74, 6) is 0.615. The van der Waals surface area contributed by atoms with E-state index < -0.39 is 0 Å². The Kier molecular flexibility index (Phi) is 6.66. The SMILES string of the molecule is c1ccc(-n2c3ccccc3c3ccc(-c4cc5c6ccccc6n(-c6nc(-c7cccc8c7oc7ccccc78)c7ccccc7n6)c5c5ccccc45)cc32)cc1. The van der Waals surface area contributed by atoms with E-state index in [0.717, 1.165) is 82.5 Å². The molecule has 0 saturated carbocycles. The molecule has 9 aromatic carbocycles. The maximum atomic E-state index is 6.58. The largest absolute Gasteiger partial charge is 0.455 e. The molecule has 5 nitrogen and oxygen atoms in total. The molecule has 0 N–H and O–H groups in total. The molecule has 4 heterocycles. The van der Waals surface area contributed by atoms with E-state index in [1.165, 1.54) is 32.8 Å². The number of fused-ring (bicyclic) bond motifs is 12. The maximum absolute atomic E-state index is 6.58. The van der Waals surface area contributed by atoms with Crippen LogP contribution < -0.4 is 0 Å². The number of rotatable bonds is 4. The Hall–Kier alpha value is -8.02. The molecule has 0 unspecified atom stereocenters. The van der Waals surface area contributed by atoms with Crippen molar-refractivity contribution in [1.82, 2.24) is 19.1 Å². The summed E-state index contributed by atoms with van der Waals surface area (Å²) in [6.45, 7) is 0. The van der Waals surface area contributed by atoms with Crippen molar-refractivity contribution >= 4 is 87.2 Å². The van der Waals surface area contributed by atoms with Gasteiger partial charge in [-0.25, -0.2) is 9.97 Å².